The quantitative estimate of drug-likeness (QED) is 0.753. The number of hydrogen-bond donors (Lipinski definition) is 2. The maximum absolute atomic E-state index is 12.9. The standard InChI is InChI=1S/C21H23N3O4/c1-14-7-9-16(10-8-14)21(2)19(26)24(20(27)23-21)12-18(25)22-17-6-4-5-15(11-17)13-28-3/h4-11H,12-13H2,1-3H3,(H,22,25)(H,23,27). The van der Waals surface area contributed by atoms with Crippen LogP contribution in [0.2, 0.25) is 0 Å². The molecule has 1 saturated heterocycles. The van der Waals surface area contributed by atoms with Crippen LogP contribution in [0.15, 0.2) is 48.5 Å². The predicted octanol–water partition coefficient (Wildman–Crippen LogP) is 2.55. The molecule has 1 heterocycles. The van der Waals surface area contributed by atoms with E-state index in [0.29, 0.717) is 17.9 Å². The number of nitrogens with one attached hydrogen (secondary N) is 2. The second-order valence-electron chi connectivity index (χ2n) is 6.99. The van der Waals surface area contributed by atoms with Crippen molar-refractivity contribution in [2.45, 2.75) is 26.0 Å². The average Bonchev–Trinajstić information content (AvgIpc) is 2.87. The summed E-state index contributed by atoms with van der Waals surface area (Å²) < 4.78 is 5.08. The Hall–Kier alpha value is -3.19. The SMILES string of the molecule is COCc1cccc(NC(=O)CN2C(=O)NC(C)(c3ccc(C)cc3)C2=O)c1. The molecular weight excluding hydrogens is 358 g/mol. The van der Waals surface area contributed by atoms with Gasteiger partial charge in [-0.3, -0.25) is 14.5 Å². The number of ether oxygens (including phenoxy) is 1. The number of carbonyl (C=O) groups is 3. The smallest absolute Gasteiger partial charge is 0.325 e. The van der Waals surface area contributed by atoms with Gasteiger partial charge < -0.3 is 15.4 Å². The first kappa shape index (κ1) is 19.6. The lowest BCUT2D eigenvalue weighted by molar-refractivity contribution is -0.133. The van der Waals surface area contributed by atoms with Crippen LogP contribution in [0.25, 0.3) is 0 Å². The van der Waals surface area contributed by atoms with Crippen LogP contribution in [-0.4, -0.2) is 36.4 Å². The van der Waals surface area contributed by atoms with Crippen molar-refractivity contribution in [2.75, 3.05) is 19.0 Å². The Balaban J connectivity index is 1.71. The molecule has 0 aliphatic carbocycles. The van der Waals surface area contributed by atoms with E-state index in [4.69, 9.17) is 4.74 Å². The summed E-state index contributed by atoms with van der Waals surface area (Å²) in [5.41, 5.74) is 2.02. The zero-order valence-electron chi connectivity index (χ0n) is 16.1. The van der Waals surface area contributed by atoms with E-state index < -0.39 is 23.4 Å². The van der Waals surface area contributed by atoms with Crippen LogP contribution >= 0.6 is 0 Å². The molecule has 2 N–H and O–H groups in total. The first-order valence-electron chi connectivity index (χ1n) is 8.92. The highest BCUT2D eigenvalue weighted by molar-refractivity contribution is 6.10. The zero-order chi connectivity index (χ0) is 20.3. The van der Waals surface area contributed by atoms with E-state index in [9.17, 15) is 14.4 Å². The fourth-order valence-corrected chi connectivity index (χ4v) is 3.17. The van der Waals surface area contributed by atoms with E-state index in [2.05, 4.69) is 10.6 Å². The molecule has 7 heteroatoms. The Morgan fingerprint density at radius 3 is 2.57 bits per heavy atom. The molecule has 4 amide bonds. The fourth-order valence-electron chi connectivity index (χ4n) is 3.17. The summed E-state index contributed by atoms with van der Waals surface area (Å²) in [6, 6.07) is 14.0. The van der Waals surface area contributed by atoms with Crippen LogP contribution in [-0.2, 0) is 26.5 Å². The van der Waals surface area contributed by atoms with Crippen LogP contribution in [0.1, 0.15) is 23.6 Å². The van der Waals surface area contributed by atoms with Gasteiger partial charge in [0.2, 0.25) is 5.91 Å². The summed E-state index contributed by atoms with van der Waals surface area (Å²) in [7, 11) is 1.59. The van der Waals surface area contributed by atoms with Gasteiger partial charge in [-0.05, 0) is 37.1 Å². The van der Waals surface area contributed by atoms with Gasteiger partial charge in [0.25, 0.3) is 5.91 Å². The molecule has 1 aliphatic rings. The summed E-state index contributed by atoms with van der Waals surface area (Å²) in [4.78, 5) is 38.6. The van der Waals surface area contributed by atoms with Crippen LogP contribution < -0.4 is 10.6 Å². The van der Waals surface area contributed by atoms with E-state index >= 15 is 0 Å². The maximum Gasteiger partial charge on any atom is 0.325 e. The first-order chi connectivity index (χ1) is 13.3. The molecule has 0 spiro atoms. The Morgan fingerprint density at radius 1 is 1.18 bits per heavy atom. The van der Waals surface area contributed by atoms with Crippen molar-refractivity contribution in [3.05, 3.63) is 65.2 Å². The van der Waals surface area contributed by atoms with Gasteiger partial charge in [0.15, 0.2) is 0 Å². The van der Waals surface area contributed by atoms with Crippen molar-refractivity contribution in [1.82, 2.24) is 10.2 Å². The van der Waals surface area contributed by atoms with Crippen LogP contribution in [0, 0.1) is 6.92 Å². The third-order valence-electron chi connectivity index (χ3n) is 4.73. The lowest BCUT2D eigenvalue weighted by Gasteiger charge is -2.22. The molecular formula is C21H23N3O4. The van der Waals surface area contributed by atoms with Crippen molar-refractivity contribution < 1.29 is 19.1 Å². The van der Waals surface area contributed by atoms with Gasteiger partial charge in [-0.2, -0.15) is 0 Å². The number of carbonyl (C=O) groups excluding carboxylic acids is 3. The van der Waals surface area contributed by atoms with E-state index in [1.54, 1.807) is 44.4 Å². The van der Waals surface area contributed by atoms with Gasteiger partial charge in [0.05, 0.1) is 6.61 Å². The van der Waals surface area contributed by atoms with Gasteiger partial charge in [0.1, 0.15) is 12.1 Å². The van der Waals surface area contributed by atoms with Crippen molar-refractivity contribution in [1.29, 1.82) is 0 Å². The molecule has 146 valence electrons. The third-order valence-corrected chi connectivity index (χ3v) is 4.73. The van der Waals surface area contributed by atoms with Gasteiger partial charge in [-0.15, -0.1) is 0 Å². The highest BCUT2D eigenvalue weighted by atomic mass is 16.5. The number of amides is 4. The number of nitrogens with zero attached hydrogens (tertiary/aromatic N) is 1. The average molecular weight is 381 g/mol. The van der Waals surface area contributed by atoms with Crippen LogP contribution in [0.3, 0.4) is 0 Å². The molecule has 7 nitrogen and oxygen atoms in total. The highest BCUT2D eigenvalue weighted by Gasteiger charge is 2.49. The second kappa shape index (κ2) is 7.82. The number of imide groups is 1. The molecule has 2 aromatic rings. The number of methoxy groups -OCH3 is 1. The lowest BCUT2D eigenvalue weighted by Crippen LogP contribution is -2.42. The largest absolute Gasteiger partial charge is 0.380 e. The first-order valence-corrected chi connectivity index (χ1v) is 8.92. The topological polar surface area (TPSA) is 87.7 Å². The molecule has 0 aromatic heterocycles. The third kappa shape index (κ3) is 3.89. The molecule has 0 radical (unpaired) electrons. The molecule has 3 rings (SSSR count). The van der Waals surface area contributed by atoms with E-state index in [1.807, 2.05) is 25.1 Å². The molecule has 1 aliphatic heterocycles. The minimum Gasteiger partial charge on any atom is -0.380 e. The summed E-state index contributed by atoms with van der Waals surface area (Å²) in [6.07, 6.45) is 0. The molecule has 1 unspecified atom stereocenters. The normalized spacial score (nSPS) is 18.9. The monoisotopic (exact) mass is 381 g/mol. The minimum absolute atomic E-state index is 0.360. The van der Waals surface area contributed by atoms with Gasteiger partial charge >= 0.3 is 6.03 Å². The Morgan fingerprint density at radius 2 is 1.89 bits per heavy atom. The van der Waals surface area contributed by atoms with Crippen LogP contribution in [0.4, 0.5) is 10.5 Å². The summed E-state index contributed by atoms with van der Waals surface area (Å²) in [5.74, 6) is -0.907. The Bertz CT molecular complexity index is 910. The predicted molar refractivity (Wildman–Crippen MR) is 105 cm³/mol. The van der Waals surface area contributed by atoms with Gasteiger partial charge in [-0.1, -0.05) is 42.0 Å². The zero-order valence-corrected chi connectivity index (χ0v) is 16.1. The number of anilines is 1. The number of aryl methyl sites for hydroxylation is 1. The van der Waals surface area contributed by atoms with Crippen molar-refractivity contribution >= 4 is 23.5 Å². The number of rotatable bonds is 6. The molecule has 0 saturated carbocycles. The lowest BCUT2D eigenvalue weighted by atomic mass is 9.91. The highest BCUT2D eigenvalue weighted by Crippen LogP contribution is 2.29. The van der Waals surface area contributed by atoms with Gasteiger partial charge in [0, 0.05) is 12.8 Å². The summed E-state index contributed by atoms with van der Waals surface area (Å²) in [5, 5.41) is 5.42. The maximum atomic E-state index is 12.9. The van der Waals surface area contributed by atoms with Crippen LogP contribution in [0.5, 0.6) is 0 Å². The number of benzene rings is 2. The Labute approximate surface area is 163 Å². The van der Waals surface area contributed by atoms with Crippen molar-refractivity contribution in [2.24, 2.45) is 0 Å². The van der Waals surface area contributed by atoms with E-state index in [-0.39, 0.29) is 6.54 Å². The molecule has 1 fully saturated rings. The molecule has 0 bridgehead atoms. The minimum atomic E-state index is -1.19. The second-order valence-corrected chi connectivity index (χ2v) is 6.99. The van der Waals surface area contributed by atoms with Crippen molar-refractivity contribution in [3.63, 3.8) is 0 Å². The Kier molecular flexibility index (Phi) is 5.46. The summed E-state index contributed by atoms with van der Waals surface area (Å²) in [6.45, 7) is 3.65. The van der Waals surface area contributed by atoms with Crippen molar-refractivity contribution in [3.8, 4) is 0 Å². The fraction of sp³-hybridized carbons (Fsp3) is 0.286. The molecule has 2 aromatic carbocycles. The summed E-state index contributed by atoms with van der Waals surface area (Å²) >= 11 is 0. The molecule has 1 atom stereocenters. The number of hydrogen-bond acceptors (Lipinski definition) is 4. The van der Waals surface area contributed by atoms with E-state index in [0.717, 1.165) is 16.0 Å². The van der Waals surface area contributed by atoms with E-state index in [1.165, 1.54) is 0 Å². The van der Waals surface area contributed by atoms with Gasteiger partial charge in [-0.25, -0.2) is 4.79 Å². The molecule has 28 heavy (non-hydrogen) atoms. The number of urea groups is 1.